The monoisotopic (exact) mass is 718 g/mol. The lowest BCUT2D eigenvalue weighted by molar-refractivity contribution is 0.669. The number of hydrogen-bond acceptors (Lipinski definition) is 4. The quantitative estimate of drug-likeness (QED) is 0.172. The molecule has 0 fully saturated rings. The Morgan fingerprint density at radius 2 is 1.07 bits per heavy atom. The van der Waals surface area contributed by atoms with Gasteiger partial charge in [-0.2, -0.15) is 0 Å². The Kier molecular flexibility index (Phi) is 7.56. The normalized spacial score (nSPS) is 14.0. The first kappa shape index (κ1) is 32.1. The van der Waals surface area contributed by atoms with Gasteiger partial charge in [-0.3, -0.25) is 0 Å². The third kappa shape index (κ3) is 5.36. The van der Waals surface area contributed by atoms with Gasteiger partial charge in [-0.05, 0) is 53.9 Å². The molecule has 5 nitrogen and oxygen atoms in total. The van der Waals surface area contributed by atoms with E-state index in [4.69, 9.17) is 19.4 Å². The van der Waals surface area contributed by atoms with Gasteiger partial charge in [-0.25, -0.2) is 15.0 Å². The fourth-order valence-corrected chi connectivity index (χ4v) is 8.33. The molecule has 5 heteroatoms. The van der Waals surface area contributed by atoms with E-state index < -0.39 is 0 Å². The molecular weight excluding hydrogens is 685 g/mol. The molecule has 1 aliphatic rings. The fraction of sp³-hybridized carbons (Fsp3) is 0.0392. The molecule has 0 N–H and O–H groups in total. The lowest BCUT2D eigenvalue weighted by atomic mass is 9.86. The lowest BCUT2D eigenvalue weighted by Gasteiger charge is -2.24. The van der Waals surface area contributed by atoms with Crippen molar-refractivity contribution in [2.24, 2.45) is 0 Å². The second-order valence-corrected chi connectivity index (χ2v) is 14.3. The number of nitrogens with zero attached hydrogens (tertiary/aromatic N) is 4. The second kappa shape index (κ2) is 13.2. The maximum absolute atomic E-state index is 6.44. The highest BCUT2D eigenvalue weighted by Crippen LogP contribution is 2.45. The van der Waals surface area contributed by atoms with Gasteiger partial charge in [-0.15, -0.1) is 0 Å². The van der Waals surface area contributed by atoms with Crippen molar-refractivity contribution in [3.8, 4) is 51.0 Å². The first-order valence-corrected chi connectivity index (χ1v) is 19.1. The average Bonchev–Trinajstić information content (AvgIpc) is 3.80. The standard InChI is InChI=1S/C51H34N4O/c1-5-17-33(18-6-1)40-29-37(51-53-49(35-21-9-3-10-22-35)52-50(54-51)36-23-11-4-12-24-36)30-41(34-19-7-2-8-20-34)48(40)55-44-27-15-13-25-38(44)42-32-47-43(31-45(42)55)39-26-14-16-28-46(39)56-47/h1-19,21-32,34H,20H2. The number of aromatic nitrogens is 4. The zero-order valence-corrected chi connectivity index (χ0v) is 30.4. The summed E-state index contributed by atoms with van der Waals surface area (Å²) in [5.74, 6) is 2.02. The van der Waals surface area contributed by atoms with Crippen LogP contribution in [-0.4, -0.2) is 19.5 Å². The molecule has 0 aliphatic heterocycles. The molecule has 0 bridgehead atoms. The molecule has 56 heavy (non-hydrogen) atoms. The van der Waals surface area contributed by atoms with Gasteiger partial charge in [0, 0.05) is 49.7 Å². The van der Waals surface area contributed by atoms with Crippen LogP contribution >= 0.6 is 0 Å². The van der Waals surface area contributed by atoms with Crippen LogP contribution in [0.4, 0.5) is 0 Å². The Morgan fingerprint density at radius 3 is 1.75 bits per heavy atom. The topological polar surface area (TPSA) is 56.7 Å². The third-order valence-corrected chi connectivity index (χ3v) is 11.0. The maximum atomic E-state index is 6.44. The number of benzene rings is 7. The van der Waals surface area contributed by atoms with E-state index in [0.717, 1.165) is 78.3 Å². The lowest BCUT2D eigenvalue weighted by Crippen LogP contribution is -2.08. The molecule has 0 radical (unpaired) electrons. The molecule has 1 atom stereocenters. The van der Waals surface area contributed by atoms with Crippen molar-refractivity contribution in [2.45, 2.75) is 12.3 Å². The SMILES string of the molecule is C1=CCC(c2cc(-c3nc(-c4ccccc4)nc(-c4ccccc4)n3)cc(-c3ccccc3)c2-n2c3ccccc3c3cc4oc5ccccc5c4cc32)C=C1. The summed E-state index contributed by atoms with van der Waals surface area (Å²) in [7, 11) is 0. The number of rotatable bonds is 6. The summed E-state index contributed by atoms with van der Waals surface area (Å²) < 4.78 is 8.92. The van der Waals surface area contributed by atoms with Gasteiger partial charge in [-0.1, -0.05) is 152 Å². The van der Waals surface area contributed by atoms with E-state index in [0.29, 0.717) is 17.5 Å². The van der Waals surface area contributed by atoms with E-state index in [1.165, 1.54) is 10.9 Å². The molecule has 7 aromatic carbocycles. The Balaban J connectivity index is 1.25. The van der Waals surface area contributed by atoms with Crippen molar-refractivity contribution in [1.82, 2.24) is 19.5 Å². The second-order valence-electron chi connectivity index (χ2n) is 14.3. The maximum Gasteiger partial charge on any atom is 0.164 e. The van der Waals surface area contributed by atoms with E-state index in [1.54, 1.807) is 0 Å². The highest BCUT2D eigenvalue weighted by molar-refractivity contribution is 6.17. The average molecular weight is 719 g/mol. The first-order valence-electron chi connectivity index (χ1n) is 19.1. The summed E-state index contributed by atoms with van der Waals surface area (Å²) in [6.45, 7) is 0. The van der Waals surface area contributed by atoms with Crippen molar-refractivity contribution in [3.05, 3.63) is 194 Å². The fourth-order valence-electron chi connectivity index (χ4n) is 8.33. The highest BCUT2D eigenvalue weighted by Gasteiger charge is 2.26. The molecule has 11 rings (SSSR count). The summed E-state index contributed by atoms with van der Waals surface area (Å²) in [6.07, 6.45) is 9.77. The van der Waals surface area contributed by atoms with Crippen molar-refractivity contribution in [3.63, 3.8) is 0 Å². The summed E-state index contributed by atoms with van der Waals surface area (Å²) in [5, 5.41) is 4.54. The zero-order chi connectivity index (χ0) is 37.0. The van der Waals surface area contributed by atoms with Crippen LogP contribution in [0.3, 0.4) is 0 Å². The molecule has 0 spiro atoms. The summed E-state index contributed by atoms with van der Waals surface area (Å²) in [6, 6.07) is 57.3. The van der Waals surface area contributed by atoms with Gasteiger partial charge in [0.05, 0.1) is 16.7 Å². The molecule has 10 aromatic rings. The minimum atomic E-state index is 0.108. The van der Waals surface area contributed by atoms with Crippen LogP contribution in [0.25, 0.3) is 94.7 Å². The van der Waals surface area contributed by atoms with Gasteiger partial charge < -0.3 is 8.98 Å². The number of allylic oxidation sites excluding steroid dienone is 4. The molecule has 3 aromatic heterocycles. The Hall–Kier alpha value is -7.37. The molecule has 264 valence electrons. The van der Waals surface area contributed by atoms with Gasteiger partial charge in [0.25, 0.3) is 0 Å². The predicted molar refractivity (Wildman–Crippen MR) is 229 cm³/mol. The first-order chi connectivity index (χ1) is 27.8. The van der Waals surface area contributed by atoms with Gasteiger partial charge >= 0.3 is 0 Å². The zero-order valence-electron chi connectivity index (χ0n) is 30.4. The van der Waals surface area contributed by atoms with Crippen LogP contribution in [-0.2, 0) is 0 Å². The van der Waals surface area contributed by atoms with Crippen molar-refractivity contribution >= 4 is 43.7 Å². The van der Waals surface area contributed by atoms with Crippen LogP contribution in [0, 0.1) is 0 Å². The number of para-hydroxylation sites is 2. The molecule has 0 amide bonds. The van der Waals surface area contributed by atoms with Crippen LogP contribution in [0.1, 0.15) is 17.9 Å². The molecule has 0 saturated heterocycles. The van der Waals surface area contributed by atoms with E-state index in [9.17, 15) is 0 Å². The Labute approximate surface area is 323 Å². The smallest absolute Gasteiger partial charge is 0.164 e. The van der Waals surface area contributed by atoms with Crippen LogP contribution in [0.2, 0.25) is 0 Å². The van der Waals surface area contributed by atoms with E-state index >= 15 is 0 Å². The van der Waals surface area contributed by atoms with Gasteiger partial charge in [0.1, 0.15) is 11.2 Å². The molecule has 1 aliphatic carbocycles. The van der Waals surface area contributed by atoms with Crippen molar-refractivity contribution in [2.75, 3.05) is 0 Å². The summed E-state index contributed by atoms with van der Waals surface area (Å²) in [4.78, 5) is 15.4. The molecular formula is C51H34N4O. The largest absolute Gasteiger partial charge is 0.456 e. The molecule has 3 heterocycles. The minimum absolute atomic E-state index is 0.108. The number of hydrogen-bond donors (Lipinski definition) is 0. The van der Waals surface area contributed by atoms with Gasteiger partial charge in [0.15, 0.2) is 17.5 Å². The van der Waals surface area contributed by atoms with Crippen molar-refractivity contribution < 1.29 is 4.42 Å². The highest BCUT2D eigenvalue weighted by atomic mass is 16.3. The Bertz CT molecular complexity index is 3100. The van der Waals surface area contributed by atoms with E-state index in [1.807, 2.05) is 48.5 Å². The summed E-state index contributed by atoms with van der Waals surface area (Å²) >= 11 is 0. The van der Waals surface area contributed by atoms with E-state index in [2.05, 4.69) is 144 Å². The van der Waals surface area contributed by atoms with Crippen LogP contribution < -0.4 is 0 Å². The van der Waals surface area contributed by atoms with E-state index in [-0.39, 0.29) is 5.92 Å². The number of fused-ring (bicyclic) bond motifs is 6. The van der Waals surface area contributed by atoms with Crippen molar-refractivity contribution in [1.29, 1.82) is 0 Å². The number of furan rings is 1. The molecule has 0 saturated carbocycles. The van der Waals surface area contributed by atoms with Gasteiger partial charge in [0.2, 0.25) is 0 Å². The molecule has 1 unspecified atom stereocenters. The summed E-state index contributed by atoms with van der Waals surface area (Å²) in [5.41, 5.74) is 11.4. The third-order valence-electron chi connectivity index (χ3n) is 11.0. The van der Waals surface area contributed by atoms with Crippen LogP contribution in [0.15, 0.2) is 193 Å². The van der Waals surface area contributed by atoms with Crippen LogP contribution in [0.5, 0.6) is 0 Å². The minimum Gasteiger partial charge on any atom is -0.456 e. The predicted octanol–water partition coefficient (Wildman–Crippen LogP) is 13.1. The Morgan fingerprint density at radius 1 is 0.464 bits per heavy atom.